The molecule has 6 rings (SSSR count). The second-order valence-electron chi connectivity index (χ2n) is 16.1. The Balaban J connectivity index is 0.000000198. The van der Waals surface area contributed by atoms with Crippen molar-refractivity contribution in [3.8, 4) is 0 Å². The van der Waals surface area contributed by atoms with Crippen molar-refractivity contribution < 1.29 is 18.9 Å². The molecule has 1 aromatic rings. The second-order valence-corrected chi connectivity index (χ2v) is 16.1. The van der Waals surface area contributed by atoms with Crippen LogP contribution in [-0.2, 0) is 25.4 Å². The summed E-state index contributed by atoms with van der Waals surface area (Å²) in [6.45, 7) is 16.9. The lowest BCUT2D eigenvalue weighted by atomic mass is 9.79. The largest absolute Gasteiger partial charge is 0.352 e. The molecule has 0 spiro atoms. The normalized spacial score (nSPS) is 36.8. The average Bonchev–Trinajstić information content (AvgIpc) is 3.10. The van der Waals surface area contributed by atoms with Gasteiger partial charge in [-0.2, -0.15) is 0 Å². The van der Waals surface area contributed by atoms with E-state index in [1.165, 1.54) is 101 Å². The van der Waals surface area contributed by atoms with Gasteiger partial charge in [0.05, 0.1) is 26.4 Å². The van der Waals surface area contributed by atoms with Crippen molar-refractivity contribution in [1.82, 2.24) is 0 Å². The SMILES string of the molecule is CC.CC1CCC(CCC2COC(C3CCC(C)CC3)OC2)CC1.CC1CCC(c2ccc(CCC3OCC(C)CO3)cc2)CC1. The standard InChI is InChI=1S/C20H30O2.C20H36O2.C2H6/c1-15-3-8-18(9-4-15)19-10-5-17(6-11-19)7-12-20-21-13-16(2)14-22-20;1-15-3-7-17(8-4-15)9-10-18-13-21-20(22-14-18)19-11-5-16(2)6-12-19;1-2/h5-6,10-11,15-16,18,20H,3-4,7-9,12-14H2,1-2H3;15-20H,3-14H2,1-2H3;1-2H3. The van der Waals surface area contributed by atoms with Crippen LogP contribution < -0.4 is 0 Å². The summed E-state index contributed by atoms with van der Waals surface area (Å²) in [6.07, 6.45) is 21.5. The fourth-order valence-corrected chi connectivity index (χ4v) is 8.28. The first-order valence-electron chi connectivity index (χ1n) is 20.0. The van der Waals surface area contributed by atoms with Crippen LogP contribution in [0.15, 0.2) is 24.3 Å². The lowest BCUT2D eigenvalue weighted by Crippen LogP contribution is -2.38. The highest BCUT2D eigenvalue weighted by atomic mass is 16.7. The van der Waals surface area contributed by atoms with E-state index in [0.717, 1.165) is 68.9 Å². The minimum absolute atomic E-state index is 0.00397. The molecular formula is C42H72O4. The first-order valence-corrected chi connectivity index (χ1v) is 20.0. The molecule has 3 saturated carbocycles. The fraction of sp³-hybridized carbons (Fsp3) is 0.857. The van der Waals surface area contributed by atoms with Crippen molar-refractivity contribution in [3.63, 3.8) is 0 Å². The molecule has 0 amide bonds. The smallest absolute Gasteiger partial charge is 0.160 e. The maximum atomic E-state index is 6.10. The van der Waals surface area contributed by atoms with E-state index in [2.05, 4.69) is 52.0 Å². The number of benzene rings is 1. The van der Waals surface area contributed by atoms with Crippen molar-refractivity contribution in [2.24, 2.45) is 41.4 Å². The van der Waals surface area contributed by atoms with Crippen LogP contribution in [0, 0.1) is 41.4 Å². The van der Waals surface area contributed by atoms with Crippen molar-refractivity contribution >= 4 is 0 Å². The second kappa shape index (κ2) is 20.5. The van der Waals surface area contributed by atoms with Crippen LogP contribution in [0.3, 0.4) is 0 Å². The molecule has 4 heteroatoms. The Labute approximate surface area is 284 Å². The summed E-state index contributed by atoms with van der Waals surface area (Å²) in [5, 5.41) is 0. The van der Waals surface area contributed by atoms with Gasteiger partial charge in [-0.3, -0.25) is 0 Å². The summed E-state index contributed by atoms with van der Waals surface area (Å²) in [5.41, 5.74) is 2.94. The van der Waals surface area contributed by atoms with E-state index in [1.54, 1.807) is 0 Å². The minimum atomic E-state index is -0.00397. The Bertz CT molecular complexity index is 892. The van der Waals surface area contributed by atoms with E-state index < -0.39 is 0 Å². The van der Waals surface area contributed by atoms with E-state index in [9.17, 15) is 0 Å². The highest BCUT2D eigenvalue weighted by Gasteiger charge is 2.32. The van der Waals surface area contributed by atoms with E-state index >= 15 is 0 Å². The van der Waals surface area contributed by atoms with Crippen molar-refractivity contribution in [3.05, 3.63) is 35.4 Å². The number of rotatable bonds is 8. The third-order valence-corrected chi connectivity index (χ3v) is 11.8. The van der Waals surface area contributed by atoms with Gasteiger partial charge >= 0.3 is 0 Å². The summed E-state index contributed by atoms with van der Waals surface area (Å²) in [6, 6.07) is 9.30. The predicted octanol–water partition coefficient (Wildman–Crippen LogP) is 11.4. The molecule has 2 saturated heterocycles. The highest BCUT2D eigenvalue weighted by molar-refractivity contribution is 5.26. The highest BCUT2D eigenvalue weighted by Crippen LogP contribution is 2.37. The topological polar surface area (TPSA) is 36.9 Å². The lowest BCUT2D eigenvalue weighted by molar-refractivity contribution is -0.230. The Morgan fingerprint density at radius 1 is 0.500 bits per heavy atom. The molecule has 0 bridgehead atoms. The maximum Gasteiger partial charge on any atom is 0.160 e. The zero-order chi connectivity index (χ0) is 32.7. The molecule has 46 heavy (non-hydrogen) atoms. The third-order valence-electron chi connectivity index (χ3n) is 11.8. The van der Waals surface area contributed by atoms with Gasteiger partial charge in [-0.05, 0) is 79.2 Å². The van der Waals surface area contributed by atoms with Crippen LogP contribution >= 0.6 is 0 Å². The molecule has 0 aromatic heterocycles. The van der Waals surface area contributed by atoms with Gasteiger partial charge in [0.1, 0.15) is 0 Å². The van der Waals surface area contributed by atoms with Crippen molar-refractivity contribution in [1.29, 1.82) is 0 Å². The van der Waals surface area contributed by atoms with Crippen LogP contribution in [0.2, 0.25) is 0 Å². The minimum Gasteiger partial charge on any atom is -0.352 e. The van der Waals surface area contributed by atoms with Gasteiger partial charge in [-0.15, -0.1) is 0 Å². The number of hydrogen-bond donors (Lipinski definition) is 0. The zero-order valence-corrected chi connectivity index (χ0v) is 30.9. The van der Waals surface area contributed by atoms with Crippen molar-refractivity contribution in [2.75, 3.05) is 26.4 Å². The Hall–Kier alpha value is -0.940. The monoisotopic (exact) mass is 641 g/mol. The van der Waals surface area contributed by atoms with Crippen LogP contribution in [0.4, 0.5) is 0 Å². The molecule has 0 radical (unpaired) electrons. The van der Waals surface area contributed by atoms with Crippen LogP contribution in [0.1, 0.15) is 155 Å². The summed E-state index contributed by atoms with van der Waals surface area (Å²) in [4.78, 5) is 0. The molecule has 0 atom stereocenters. The van der Waals surface area contributed by atoms with Crippen LogP contribution in [0.25, 0.3) is 0 Å². The predicted molar refractivity (Wildman–Crippen MR) is 192 cm³/mol. The molecule has 2 heterocycles. The van der Waals surface area contributed by atoms with Gasteiger partial charge in [0.25, 0.3) is 0 Å². The van der Waals surface area contributed by atoms with Gasteiger partial charge in [-0.25, -0.2) is 0 Å². The van der Waals surface area contributed by atoms with Gasteiger partial charge < -0.3 is 18.9 Å². The first-order chi connectivity index (χ1) is 22.4. The number of ether oxygens (including phenoxy) is 4. The van der Waals surface area contributed by atoms with E-state index in [4.69, 9.17) is 18.9 Å². The average molecular weight is 641 g/mol. The van der Waals surface area contributed by atoms with E-state index in [1.807, 2.05) is 13.8 Å². The molecule has 264 valence electrons. The van der Waals surface area contributed by atoms with Gasteiger partial charge in [0, 0.05) is 24.2 Å². The van der Waals surface area contributed by atoms with E-state index in [0.29, 0.717) is 17.8 Å². The van der Waals surface area contributed by atoms with Crippen LogP contribution in [-0.4, -0.2) is 39.0 Å². The molecule has 4 nitrogen and oxygen atoms in total. The molecule has 0 unspecified atom stereocenters. The van der Waals surface area contributed by atoms with Gasteiger partial charge in [0.2, 0.25) is 0 Å². The molecular weight excluding hydrogens is 568 g/mol. The van der Waals surface area contributed by atoms with Gasteiger partial charge in [-0.1, -0.05) is 124 Å². The third kappa shape index (κ3) is 12.8. The first kappa shape index (κ1) is 37.9. The Morgan fingerprint density at radius 3 is 1.57 bits per heavy atom. The van der Waals surface area contributed by atoms with Crippen LogP contribution in [0.5, 0.6) is 0 Å². The van der Waals surface area contributed by atoms with Gasteiger partial charge in [0.15, 0.2) is 12.6 Å². The molecule has 5 aliphatic rings. The molecule has 5 fully saturated rings. The Morgan fingerprint density at radius 2 is 1.00 bits per heavy atom. The maximum absolute atomic E-state index is 6.10. The van der Waals surface area contributed by atoms with Crippen molar-refractivity contribution in [2.45, 2.75) is 163 Å². The lowest BCUT2D eigenvalue weighted by Gasteiger charge is -2.37. The summed E-state index contributed by atoms with van der Waals surface area (Å²) >= 11 is 0. The summed E-state index contributed by atoms with van der Waals surface area (Å²) in [5.74, 6) is 6.42. The zero-order valence-electron chi connectivity index (χ0n) is 30.9. The number of hydrogen-bond acceptors (Lipinski definition) is 4. The quantitative estimate of drug-likeness (QED) is 0.283. The molecule has 3 aliphatic carbocycles. The molecule has 1 aromatic carbocycles. The Kier molecular flexibility index (Phi) is 16.9. The molecule has 2 aliphatic heterocycles. The fourth-order valence-electron chi connectivity index (χ4n) is 8.28. The number of aryl methyl sites for hydroxylation is 1. The van der Waals surface area contributed by atoms with E-state index in [-0.39, 0.29) is 12.6 Å². The molecule has 0 N–H and O–H groups in total. The summed E-state index contributed by atoms with van der Waals surface area (Å²) in [7, 11) is 0. The summed E-state index contributed by atoms with van der Waals surface area (Å²) < 4.78 is 23.6.